The molecule has 19 heavy (non-hydrogen) atoms. The van der Waals surface area contributed by atoms with Crippen LogP contribution in [0, 0.1) is 0 Å². The fourth-order valence-corrected chi connectivity index (χ4v) is 2.76. The second-order valence-corrected chi connectivity index (χ2v) is 6.59. The van der Waals surface area contributed by atoms with Crippen LogP contribution in [0.4, 0.5) is 0 Å². The van der Waals surface area contributed by atoms with E-state index in [0.29, 0.717) is 18.2 Å². The predicted octanol–water partition coefficient (Wildman–Crippen LogP) is 1.28. The molecule has 0 fully saturated rings. The molecule has 0 saturated carbocycles. The number of hydrogen-bond acceptors (Lipinski definition) is 6. The van der Waals surface area contributed by atoms with Gasteiger partial charge in [-0.1, -0.05) is 6.92 Å². The molecule has 0 aliphatic carbocycles. The van der Waals surface area contributed by atoms with Crippen LogP contribution in [-0.4, -0.2) is 19.9 Å². The number of primary sulfonamides is 1. The van der Waals surface area contributed by atoms with Crippen molar-refractivity contribution in [2.75, 3.05) is 6.54 Å². The summed E-state index contributed by atoms with van der Waals surface area (Å²) in [7, 11) is -3.76. The zero-order valence-electron chi connectivity index (χ0n) is 10.4. The Morgan fingerprint density at radius 3 is 2.89 bits per heavy atom. The molecule has 0 bridgehead atoms. The number of furan rings is 1. The Balaban J connectivity index is 1.85. The molecule has 2 aromatic rings. The van der Waals surface area contributed by atoms with Crippen LogP contribution in [0.5, 0.6) is 0 Å². The highest BCUT2D eigenvalue weighted by Gasteiger charge is 2.13. The molecule has 2 rings (SSSR count). The molecule has 1 unspecified atom stereocenters. The van der Waals surface area contributed by atoms with E-state index in [1.807, 2.05) is 5.38 Å². The minimum atomic E-state index is -3.76. The highest BCUT2D eigenvalue weighted by atomic mass is 32.2. The van der Waals surface area contributed by atoms with E-state index in [4.69, 9.17) is 9.56 Å². The van der Waals surface area contributed by atoms with Crippen molar-refractivity contribution >= 4 is 21.4 Å². The van der Waals surface area contributed by atoms with Crippen molar-refractivity contribution in [3.05, 3.63) is 34.5 Å². The summed E-state index contributed by atoms with van der Waals surface area (Å²) in [5.41, 5.74) is 0. The first-order chi connectivity index (χ1) is 8.97. The van der Waals surface area contributed by atoms with Crippen molar-refractivity contribution in [3.63, 3.8) is 0 Å². The number of aromatic nitrogens is 1. The van der Waals surface area contributed by atoms with Crippen LogP contribution in [0.25, 0.3) is 0 Å². The molecule has 0 spiro atoms. The lowest BCUT2D eigenvalue weighted by molar-refractivity contribution is 0.400. The van der Waals surface area contributed by atoms with Gasteiger partial charge in [0, 0.05) is 24.0 Å². The molecule has 0 aliphatic rings. The quantitative estimate of drug-likeness (QED) is 0.837. The van der Waals surface area contributed by atoms with E-state index in [1.165, 1.54) is 6.07 Å². The molecule has 2 heterocycles. The van der Waals surface area contributed by atoms with Gasteiger partial charge in [0.2, 0.25) is 5.09 Å². The smallest absolute Gasteiger partial charge is 0.271 e. The Bertz CT molecular complexity index is 619. The summed E-state index contributed by atoms with van der Waals surface area (Å²) in [5.74, 6) is 0.836. The van der Waals surface area contributed by atoms with Gasteiger partial charge in [0.15, 0.2) is 0 Å². The van der Waals surface area contributed by atoms with Gasteiger partial charge in [0.05, 0.1) is 11.6 Å². The third-order valence-electron chi connectivity index (χ3n) is 2.54. The Kier molecular flexibility index (Phi) is 4.35. The molecule has 0 aliphatic heterocycles. The molecule has 0 saturated heterocycles. The zero-order valence-corrected chi connectivity index (χ0v) is 12.0. The molecule has 2 aromatic heterocycles. The normalized spacial score (nSPS) is 13.6. The van der Waals surface area contributed by atoms with Crippen LogP contribution in [0.2, 0.25) is 0 Å². The molecule has 1 atom stereocenters. The first-order valence-electron chi connectivity index (χ1n) is 5.68. The summed E-state index contributed by atoms with van der Waals surface area (Å²) >= 11 is 1.61. The third kappa shape index (κ3) is 3.87. The monoisotopic (exact) mass is 301 g/mol. The number of rotatable bonds is 6. The molecule has 104 valence electrons. The summed E-state index contributed by atoms with van der Waals surface area (Å²) < 4.78 is 27.2. The second-order valence-electron chi connectivity index (χ2n) is 4.17. The lowest BCUT2D eigenvalue weighted by Crippen LogP contribution is -2.19. The van der Waals surface area contributed by atoms with Gasteiger partial charge in [-0.2, -0.15) is 0 Å². The van der Waals surface area contributed by atoms with Gasteiger partial charge in [-0.3, -0.25) is 0 Å². The van der Waals surface area contributed by atoms with Crippen molar-refractivity contribution < 1.29 is 12.8 Å². The topological polar surface area (TPSA) is 98.2 Å². The lowest BCUT2D eigenvalue weighted by atomic mass is 10.2. The van der Waals surface area contributed by atoms with Crippen molar-refractivity contribution in [2.24, 2.45) is 5.14 Å². The molecule has 8 heteroatoms. The second kappa shape index (κ2) is 5.83. The number of nitrogens with one attached hydrogen (secondary N) is 1. The number of nitrogens with zero attached hydrogens (tertiary/aromatic N) is 1. The van der Waals surface area contributed by atoms with Gasteiger partial charge in [-0.15, -0.1) is 11.3 Å². The summed E-state index contributed by atoms with van der Waals surface area (Å²) in [5, 5.41) is 11.0. The number of hydrogen-bond donors (Lipinski definition) is 2. The van der Waals surface area contributed by atoms with Gasteiger partial charge < -0.3 is 9.73 Å². The summed E-state index contributed by atoms with van der Waals surface area (Å²) in [6, 6.07) is 2.96. The van der Waals surface area contributed by atoms with Gasteiger partial charge in [0.25, 0.3) is 10.0 Å². The van der Waals surface area contributed by atoms with Crippen molar-refractivity contribution in [1.29, 1.82) is 0 Å². The van der Waals surface area contributed by atoms with Crippen molar-refractivity contribution in [3.8, 4) is 0 Å². The van der Waals surface area contributed by atoms with Crippen LogP contribution in [0.1, 0.15) is 23.6 Å². The Morgan fingerprint density at radius 1 is 1.53 bits per heavy atom. The zero-order chi connectivity index (χ0) is 13.9. The van der Waals surface area contributed by atoms with Gasteiger partial charge in [-0.05, 0) is 12.1 Å². The first-order valence-corrected chi connectivity index (χ1v) is 8.11. The molecule has 0 amide bonds. The average molecular weight is 301 g/mol. The fraction of sp³-hybridized carbons (Fsp3) is 0.364. The van der Waals surface area contributed by atoms with E-state index >= 15 is 0 Å². The van der Waals surface area contributed by atoms with E-state index in [2.05, 4.69) is 17.2 Å². The summed E-state index contributed by atoms with van der Waals surface area (Å²) in [6.07, 6.45) is 1.78. The maximum Gasteiger partial charge on any atom is 0.271 e. The maximum atomic E-state index is 11.0. The highest BCUT2D eigenvalue weighted by Crippen LogP contribution is 2.17. The van der Waals surface area contributed by atoms with Crippen LogP contribution in [0.15, 0.2) is 33.2 Å². The van der Waals surface area contributed by atoms with Crippen molar-refractivity contribution in [2.45, 2.75) is 24.5 Å². The van der Waals surface area contributed by atoms with Crippen LogP contribution < -0.4 is 10.5 Å². The minimum absolute atomic E-state index is 0.211. The Hall–Kier alpha value is -1.22. The Labute approximate surface area is 115 Å². The van der Waals surface area contributed by atoms with Crippen LogP contribution in [0.3, 0.4) is 0 Å². The average Bonchev–Trinajstić information content (AvgIpc) is 2.99. The molecule has 0 radical (unpaired) electrons. The standard InChI is InChI=1S/C11H15N3O3S2/c1-8(11-14-4-5-18-11)6-13-7-9-2-3-10(17-9)19(12,15)16/h2-5,8,13H,6-7H2,1H3,(H2,12,15,16). The molecule has 3 N–H and O–H groups in total. The lowest BCUT2D eigenvalue weighted by Gasteiger charge is -2.08. The van der Waals surface area contributed by atoms with Crippen molar-refractivity contribution in [1.82, 2.24) is 10.3 Å². The van der Waals surface area contributed by atoms with E-state index in [0.717, 1.165) is 11.6 Å². The fourth-order valence-electron chi connectivity index (χ4n) is 1.58. The molecular formula is C11H15N3O3S2. The summed E-state index contributed by atoms with van der Waals surface area (Å²) in [4.78, 5) is 4.24. The van der Waals surface area contributed by atoms with Gasteiger partial charge >= 0.3 is 0 Å². The molecular weight excluding hydrogens is 286 g/mol. The number of nitrogens with two attached hydrogens (primary N) is 1. The molecule has 6 nitrogen and oxygen atoms in total. The number of thiazole rings is 1. The van der Waals surface area contributed by atoms with E-state index in [9.17, 15) is 8.42 Å². The minimum Gasteiger partial charge on any atom is -0.447 e. The predicted molar refractivity (Wildman–Crippen MR) is 72.3 cm³/mol. The van der Waals surface area contributed by atoms with Crippen LogP contribution in [-0.2, 0) is 16.6 Å². The van der Waals surface area contributed by atoms with Gasteiger partial charge in [0.1, 0.15) is 5.76 Å². The number of sulfonamides is 1. The van der Waals surface area contributed by atoms with Crippen LogP contribution >= 0.6 is 11.3 Å². The Morgan fingerprint density at radius 2 is 2.32 bits per heavy atom. The summed E-state index contributed by atoms with van der Waals surface area (Å²) in [6.45, 7) is 3.26. The molecule has 0 aromatic carbocycles. The SMILES string of the molecule is CC(CNCc1ccc(S(N)(=O)=O)o1)c1nccs1. The van der Waals surface area contributed by atoms with Gasteiger partial charge in [-0.25, -0.2) is 18.5 Å². The largest absolute Gasteiger partial charge is 0.447 e. The maximum absolute atomic E-state index is 11.0. The third-order valence-corrected chi connectivity index (χ3v) is 4.33. The van der Waals surface area contributed by atoms with E-state index in [-0.39, 0.29) is 5.09 Å². The van der Waals surface area contributed by atoms with E-state index in [1.54, 1.807) is 23.6 Å². The first kappa shape index (κ1) is 14.2. The highest BCUT2D eigenvalue weighted by molar-refractivity contribution is 7.89. The van der Waals surface area contributed by atoms with E-state index < -0.39 is 10.0 Å².